The number of H-pyrrole nitrogens is 1. The lowest BCUT2D eigenvalue weighted by molar-refractivity contribution is -0.139. The number of carbonyl (C=O) groups excluding carboxylic acids is 1. The number of halogens is 6. The number of nitrogens with one attached hydrogen (secondary N) is 2. The van der Waals surface area contributed by atoms with Crippen LogP contribution in [0.4, 0.5) is 32.0 Å². The third kappa shape index (κ3) is 7.47. The lowest BCUT2D eigenvalue weighted by atomic mass is 9.95. The van der Waals surface area contributed by atoms with Crippen molar-refractivity contribution in [3.8, 4) is 0 Å². The molecule has 2 saturated heterocycles. The third-order valence-electron chi connectivity index (χ3n) is 6.98. The van der Waals surface area contributed by atoms with E-state index in [0.717, 1.165) is 18.6 Å². The molecule has 2 aromatic rings. The Kier molecular flexibility index (Phi) is 9.28. The molecule has 16 heteroatoms. The topological polar surface area (TPSA) is 122 Å². The van der Waals surface area contributed by atoms with Crippen molar-refractivity contribution in [1.29, 1.82) is 0 Å². The fourth-order valence-electron chi connectivity index (χ4n) is 4.76. The number of piperidine rings is 1. The van der Waals surface area contributed by atoms with Crippen LogP contribution in [0.15, 0.2) is 23.4 Å². The second-order valence-corrected chi connectivity index (χ2v) is 9.67. The van der Waals surface area contributed by atoms with Crippen molar-refractivity contribution < 1.29 is 40.6 Å². The first kappa shape index (κ1) is 29.7. The minimum atomic E-state index is -4.89. The Bertz CT molecular complexity index is 1190. The van der Waals surface area contributed by atoms with E-state index in [9.17, 15) is 35.9 Å². The second-order valence-electron chi connectivity index (χ2n) is 9.67. The van der Waals surface area contributed by atoms with Gasteiger partial charge < -0.3 is 19.7 Å². The Morgan fingerprint density at radius 2 is 1.80 bits per heavy atom. The van der Waals surface area contributed by atoms with Crippen LogP contribution in [-0.2, 0) is 26.6 Å². The molecule has 0 radical (unpaired) electrons. The maximum absolute atomic E-state index is 13.5. The summed E-state index contributed by atoms with van der Waals surface area (Å²) in [7, 11) is 0. The Morgan fingerprint density at radius 1 is 1.10 bits per heavy atom. The van der Waals surface area contributed by atoms with Gasteiger partial charge in [0.25, 0.3) is 5.56 Å². The van der Waals surface area contributed by atoms with Crippen LogP contribution in [0, 0.1) is 5.92 Å². The highest BCUT2D eigenvalue weighted by atomic mass is 19.4. The van der Waals surface area contributed by atoms with Crippen LogP contribution >= 0.6 is 0 Å². The van der Waals surface area contributed by atoms with Crippen LogP contribution in [0.3, 0.4) is 0 Å². The van der Waals surface area contributed by atoms with Crippen molar-refractivity contribution >= 4 is 11.6 Å². The van der Waals surface area contributed by atoms with Gasteiger partial charge in [0.05, 0.1) is 49.7 Å². The van der Waals surface area contributed by atoms with Gasteiger partial charge in [0.2, 0.25) is 5.91 Å². The number of aromatic amines is 1. The first-order valence-corrected chi connectivity index (χ1v) is 12.7. The molecule has 2 aromatic heterocycles. The van der Waals surface area contributed by atoms with E-state index < -0.39 is 40.8 Å². The summed E-state index contributed by atoms with van der Waals surface area (Å²) in [6.45, 7) is 1.50. The number of alkyl halides is 6. The van der Waals surface area contributed by atoms with E-state index in [0.29, 0.717) is 51.4 Å². The molecule has 0 unspecified atom stereocenters. The summed E-state index contributed by atoms with van der Waals surface area (Å²) in [5.74, 6) is -0.215. The summed E-state index contributed by atoms with van der Waals surface area (Å²) in [4.78, 5) is 33.8. The molecule has 2 atom stereocenters. The van der Waals surface area contributed by atoms with Crippen LogP contribution in [-0.4, -0.2) is 76.5 Å². The van der Waals surface area contributed by atoms with Gasteiger partial charge in [0.1, 0.15) is 11.4 Å². The molecule has 2 fully saturated rings. The SMILES string of the molecule is O=C(CCOC[C@H](Nc1cn[nH]c(=O)c1C(F)(F)F)[C@H]1CCOC1)N1CCC(c2ncc(C(F)(F)F)cn2)CC1. The number of hydrogen-bond donors (Lipinski definition) is 2. The van der Waals surface area contributed by atoms with E-state index in [4.69, 9.17) is 9.47 Å². The Hall–Kier alpha value is -3.27. The zero-order valence-electron chi connectivity index (χ0n) is 21.2. The molecular weight excluding hydrogens is 550 g/mol. The highest BCUT2D eigenvalue weighted by molar-refractivity contribution is 5.76. The Balaban J connectivity index is 1.26. The molecule has 2 N–H and O–H groups in total. The van der Waals surface area contributed by atoms with Gasteiger partial charge in [-0.05, 0) is 19.3 Å². The van der Waals surface area contributed by atoms with Gasteiger partial charge in [-0.2, -0.15) is 31.4 Å². The molecule has 0 aromatic carbocycles. The predicted molar refractivity (Wildman–Crippen MR) is 127 cm³/mol. The highest BCUT2D eigenvalue weighted by Crippen LogP contribution is 2.33. The normalized spacial score (nSPS) is 19.6. The van der Waals surface area contributed by atoms with E-state index in [1.807, 2.05) is 0 Å². The number of hydrogen-bond acceptors (Lipinski definition) is 8. The maximum atomic E-state index is 13.5. The van der Waals surface area contributed by atoms with Crippen LogP contribution in [0.25, 0.3) is 0 Å². The van der Waals surface area contributed by atoms with Gasteiger partial charge in [0.15, 0.2) is 0 Å². The van der Waals surface area contributed by atoms with Crippen molar-refractivity contribution in [3.63, 3.8) is 0 Å². The number of anilines is 1. The van der Waals surface area contributed by atoms with Crippen molar-refractivity contribution in [1.82, 2.24) is 25.1 Å². The van der Waals surface area contributed by atoms with Crippen LogP contribution < -0.4 is 10.9 Å². The lowest BCUT2D eigenvalue weighted by Crippen LogP contribution is -2.39. The molecule has 2 aliphatic rings. The summed E-state index contributed by atoms with van der Waals surface area (Å²) in [5, 5.41) is 8.01. The molecule has 4 rings (SSSR count). The lowest BCUT2D eigenvalue weighted by Gasteiger charge is -2.31. The van der Waals surface area contributed by atoms with Gasteiger partial charge in [-0.1, -0.05) is 0 Å². The monoisotopic (exact) mass is 578 g/mol. The first-order valence-electron chi connectivity index (χ1n) is 12.7. The Labute approximate surface area is 224 Å². The molecule has 40 heavy (non-hydrogen) atoms. The average Bonchev–Trinajstić information content (AvgIpc) is 3.44. The van der Waals surface area contributed by atoms with E-state index in [1.54, 1.807) is 10.00 Å². The van der Waals surface area contributed by atoms with Gasteiger partial charge in [-0.25, -0.2) is 15.1 Å². The fourth-order valence-corrected chi connectivity index (χ4v) is 4.76. The number of likely N-dealkylation sites (tertiary alicyclic amines) is 1. The average molecular weight is 579 g/mol. The molecule has 0 saturated carbocycles. The zero-order chi connectivity index (χ0) is 28.9. The molecule has 0 aliphatic carbocycles. The number of amides is 1. The van der Waals surface area contributed by atoms with Crippen molar-refractivity contribution in [3.05, 3.63) is 45.9 Å². The molecule has 0 spiro atoms. The van der Waals surface area contributed by atoms with Gasteiger partial charge in [-0.15, -0.1) is 0 Å². The minimum Gasteiger partial charge on any atom is -0.381 e. The maximum Gasteiger partial charge on any atom is 0.423 e. The van der Waals surface area contributed by atoms with Gasteiger partial charge in [0, 0.05) is 43.9 Å². The van der Waals surface area contributed by atoms with Crippen molar-refractivity contribution in [2.45, 2.75) is 50.0 Å². The summed E-state index contributed by atoms with van der Waals surface area (Å²) < 4.78 is 89.6. The molecule has 1 amide bonds. The number of nitrogens with zero attached hydrogens (tertiary/aromatic N) is 4. The van der Waals surface area contributed by atoms with E-state index in [2.05, 4.69) is 20.4 Å². The number of aromatic nitrogens is 4. The number of ether oxygens (including phenoxy) is 2. The summed E-state index contributed by atoms with van der Waals surface area (Å²) >= 11 is 0. The molecule has 0 bridgehead atoms. The van der Waals surface area contributed by atoms with Crippen molar-refractivity contribution in [2.75, 3.05) is 44.8 Å². The van der Waals surface area contributed by atoms with Crippen LogP contribution in [0.2, 0.25) is 0 Å². The number of rotatable bonds is 9. The molecule has 220 valence electrons. The van der Waals surface area contributed by atoms with Gasteiger partial charge >= 0.3 is 12.4 Å². The smallest absolute Gasteiger partial charge is 0.381 e. The standard InChI is InChI=1S/C24H28F6N6O4/c25-23(26,27)16-9-31-21(32-10-16)14-1-5-36(6-2-14)19(37)4-8-40-13-18(15-3-7-39-12-15)34-17-11-33-35-22(38)20(17)24(28,29)30/h9-11,14-15,18H,1-8,12-13H2,(H2,34,35,38)/t15-,18-/m0/s1. The molecule has 4 heterocycles. The molecule has 10 nitrogen and oxygen atoms in total. The number of carbonyl (C=O) groups is 1. The van der Waals surface area contributed by atoms with Crippen LogP contribution in [0.5, 0.6) is 0 Å². The first-order chi connectivity index (χ1) is 18.9. The van der Waals surface area contributed by atoms with Crippen LogP contribution in [0.1, 0.15) is 48.6 Å². The predicted octanol–water partition coefficient (Wildman–Crippen LogP) is 3.23. The minimum absolute atomic E-state index is 0.0201. The van der Waals surface area contributed by atoms with Crippen molar-refractivity contribution in [2.24, 2.45) is 5.92 Å². The molecular formula is C24H28F6N6O4. The fraction of sp³-hybridized carbons (Fsp3) is 0.625. The quantitative estimate of drug-likeness (QED) is 0.344. The summed E-state index contributed by atoms with van der Waals surface area (Å²) in [6.07, 6.45) is -5.38. The van der Waals surface area contributed by atoms with Gasteiger partial charge in [-0.3, -0.25) is 9.59 Å². The summed E-state index contributed by atoms with van der Waals surface area (Å²) in [6, 6.07) is -0.623. The summed E-state index contributed by atoms with van der Waals surface area (Å²) in [5.41, 5.74) is -4.13. The second kappa shape index (κ2) is 12.5. The third-order valence-corrected chi connectivity index (χ3v) is 6.98. The molecule has 2 aliphatic heterocycles. The van der Waals surface area contributed by atoms with E-state index in [1.165, 1.54) is 0 Å². The van der Waals surface area contributed by atoms with E-state index in [-0.39, 0.29) is 37.4 Å². The zero-order valence-corrected chi connectivity index (χ0v) is 21.2. The highest BCUT2D eigenvalue weighted by Gasteiger charge is 2.39. The Morgan fingerprint density at radius 3 is 2.40 bits per heavy atom. The van der Waals surface area contributed by atoms with E-state index >= 15 is 0 Å². The largest absolute Gasteiger partial charge is 0.423 e.